The Bertz CT molecular complexity index is 798. The molecule has 2 aliphatic rings. The van der Waals surface area contributed by atoms with Crippen molar-refractivity contribution in [3.8, 4) is 0 Å². The Morgan fingerprint density at radius 3 is 0.855 bits per heavy atom. The molecule has 328 valence electrons. The van der Waals surface area contributed by atoms with Gasteiger partial charge in [0.05, 0.1) is 13.2 Å². The van der Waals surface area contributed by atoms with E-state index in [1.165, 1.54) is 0 Å². The van der Waals surface area contributed by atoms with Crippen LogP contribution in [0.2, 0.25) is 0 Å². The standard InChI is InChI=1S/C36H70O19/c37-9-1-17-45-25-27-29(47-19-3-11-39)31(49-21-5-13-41)33(51-23-7-15-43)35(53-27)55-36-34(52-24-8-16-44)32(50-22-6-14-42)30(48-20-4-12-40)28(54-36)26-46-18-2-10-38/h27-44H,1-26H2/t27-,28-,29-,30-,31+,32+,33-,34-,35-,36-/m1/s1. The molecule has 0 saturated carbocycles. The van der Waals surface area contributed by atoms with Crippen LogP contribution in [0.1, 0.15) is 51.4 Å². The number of ether oxygens (including phenoxy) is 11. The molecule has 2 rings (SSSR count). The zero-order chi connectivity index (χ0) is 39.9. The van der Waals surface area contributed by atoms with Gasteiger partial charge >= 0.3 is 0 Å². The average molecular weight is 807 g/mol. The Balaban J connectivity index is 2.61. The third-order valence-corrected chi connectivity index (χ3v) is 8.58. The van der Waals surface area contributed by atoms with Crippen molar-refractivity contribution in [1.29, 1.82) is 0 Å². The number of rotatable bonds is 36. The molecule has 0 radical (unpaired) electrons. The third kappa shape index (κ3) is 19.2. The van der Waals surface area contributed by atoms with Crippen LogP contribution in [0.4, 0.5) is 0 Å². The van der Waals surface area contributed by atoms with E-state index in [9.17, 15) is 40.9 Å². The fourth-order valence-electron chi connectivity index (χ4n) is 5.95. The second-order valence-electron chi connectivity index (χ2n) is 13.0. The molecule has 0 aliphatic carbocycles. The van der Waals surface area contributed by atoms with Crippen LogP contribution in [0.3, 0.4) is 0 Å². The van der Waals surface area contributed by atoms with Crippen LogP contribution in [0.5, 0.6) is 0 Å². The smallest absolute Gasteiger partial charge is 0.190 e. The highest BCUT2D eigenvalue weighted by Crippen LogP contribution is 2.35. The number of hydrogen-bond donors (Lipinski definition) is 8. The largest absolute Gasteiger partial charge is 0.396 e. The minimum atomic E-state index is -1.24. The molecule has 0 spiro atoms. The van der Waals surface area contributed by atoms with E-state index in [2.05, 4.69) is 0 Å². The maximum atomic E-state index is 9.61. The molecule has 2 saturated heterocycles. The number of hydrogen-bond acceptors (Lipinski definition) is 19. The van der Waals surface area contributed by atoms with Crippen molar-refractivity contribution in [1.82, 2.24) is 0 Å². The first-order chi connectivity index (χ1) is 27.0. The van der Waals surface area contributed by atoms with Crippen molar-refractivity contribution in [3.05, 3.63) is 0 Å². The summed E-state index contributed by atoms with van der Waals surface area (Å²) >= 11 is 0. The number of aliphatic hydroxyl groups excluding tert-OH is 8. The Morgan fingerprint density at radius 2 is 0.564 bits per heavy atom. The molecule has 0 aromatic heterocycles. The van der Waals surface area contributed by atoms with Crippen LogP contribution >= 0.6 is 0 Å². The van der Waals surface area contributed by atoms with E-state index < -0.39 is 61.4 Å². The zero-order valence-electron chi connectivity index (χ0n) is 32.2. The van der Waals surface area contributed by atoms with Gasteiger partial charge in [0.2, 0.25) is 0 Å². The van der Waals surface area contributed by atoms with Gasteiger partial charge in [-0.3, -0.25) is 0 Å². The van der Waals surface area contributed by atoms with Gasteiger partial charge in [0.1, 0.15) is 48.8 Å². The Hall–Kier alpha value is -0.760. The average Bonchev–Trinajstić information content (AvgIpc) is 3.18. The monoisotopic (exact) mass is 806 g/mol. The van der Waals surface area contributed by atoms with Gasteiger partial charge in [0.25, 0.3) is 0 Å². The van der Waals surface area contributed by atoms with E-state index in [1.807, 2.05) is 0 Å². The molecule has 0 aromatic carbocycles. The van der Waals surface area contributed by atoms with E-state index >= 15 is 0 Å². The maximum Gasteiger partial charge on any atom is 0.190 e. The van der Waals surface area contributed by atoms with E-state index in [-0.39, 0.29) is 132 Å². The van der Waals surface area contributed by atoms with Crippen molar-refractivity contribution < 1.29 is 93.0 Å². The number of aliphatic hydroxyl groups is 8. The second-order valence-corrected chi connectivity index (χ2v) is 13.0. The van der Waals surface area contributed by atoms with Crippen molar-refractivity contribution in [2.45, 2.75) is 113 Å². The van der Waals surface area contributed by atoms with Gasteiger partial charge in [0.15, 0.2) is 12.6 Å². The molecule has 0 bridgehead atoms. The fourth-order valence-corrected chi connectivity index (χ4v) is 5.95. The molecule has 0 amide bonds. The Morgan fingerprint density at radius 1 is 0.309 bits per heavy atom. The molecule has 10 atom stereocenters. The van der Waals surface area contributed by atoms with Gasteiger partial charge in [0, 0.05) is 106 Å². The highest BCUT2D eigenvalue weighted by Gasteiger charge is 2.54. The molecular weight excluding hydrogens is 736 g/mol. The minimum Gasteiger partial charge on any atom is -0.396 e. The normalized spacial score (nSPS) is 28.6. The van der Waals surface area contributed by atoms with Crippen LogP contribution in [0.15, 0.2) is 0 Å². The molecule has 8 N–H and O–H groups in total. The van der Waals surface area contributed by atoms with Gasteiger partial charge in [-0.1, -0.05) is 0 Å². The summed E-state index contributed by atoms with van der Waals surface area (Å²) < 4.78 is 69.3. The highest BCUT2D eigenvalue weighted by molar-refractivity contribution is 4.96. The summed E-state index contributed by atoms with van der Waals surface area (Å²) in [6, 6.07) is 0. The van der Waals surface area contributed by atoms with Gasteiger partial charge in [-0.25, -0.2) is 0 Å². The lowest BCUT2D eigenvalue weighted by molar-refractivity contribution is -0.391. The van der Waals surface area contributed by atoms with Crippen molar-refractivity contribution in [3.63, 3.8) is 0 Å². The van der Waals surface area contributed by atoms with Crippen molar-refractivity contribution >= 4 is 0 Å². The topological polar surface area (TPSA) is 263 Å². The van der Waals surface area contributed by atoms with Gasteiger partial charge < -0.3 is 93.0 Å². The maximum absolute atomic E-state index is 9.61. The quantitative estimate of drug-likeness (QED) is 0.0314. The van der Waals surface area contributed by atoms with Crippen molar-refractivity contribution in [2.24, 2.45) is 0 Å². The van der Waals surface area contributed by atoms with Crippen LogP contribution in [0, 0.1) is 0 Å². The van der Waals surface area contributed by atoms with Crippen LogP contribution in [-0.4, -0.2) is 221 Å². The molecule has 19 heteroatoms. The zero-order valence-corrected chi connectivity index (χ0v) is 32.2. The first-order valence-electron chi connectivity index (χ1n) is 19.7. The summed E-state index contributed by atoms with van der Waals surface area (Å²) in [5.74, 6) is 0. The highest BCUT2D eigenvalue weighted by atomic mass is 16.8. The minimum absolute atomic E-state index is 0.00378. The van der Waals surface area contributed by atoms with Gasteiger partial charge in [-0.05, 0) is 51.4 Å². The molecule has 0 unspecified atom stereocenters. The van der Waals surface area contributed by atoms with Gasteiger partial charge in [-0.2, -0.15) is 0 Å². The Kier molecular flexibility index (Phi) is 30.3. The SMILES string of the molecule is OCCCOC[C@H]1O[C@H](O[C@H]2O[C@H](COCCCO)[C@@H](OCCCO)[C@H](OCCCO)[C@H]2OCCCO)[C@H](OCCCO)[C@@H](OCCCO)[C@@H]1OCCCO. The lowest BCUT2D eigenvalue weighted by Gasteiger charge is -2.49. The second kappa shape index (κ2) is 33.1. The molecule has 2 fully saturated rings. The first-order valence-corrected chi connectivity index (χ1v) is 19.7. The van der Waals surface area contributed by atoms with E-state index in [4.69, 9.17) is 52.1 Å². The van der Waals surface area contributed by atoms with Crippen LogP contribution in [0.25, 0.3) is 0 Å². The van der Waals surface area contributed by atoms with Gasteiger partial charge in [-0.15, -0.1) is 0 Å². The molecular formula is C36H70O19. The third-order valence-electron chi connectivity index (χ3n) is 8.58. The summed E-state index contributed by atoms with van der Waals surface area (Å²) in [5, 5.41) is 76.1. The van der Waals surface area contributed by atoms with Crippen LogP contribution < -0.4 is 0 Å². The summed E-state index contributed by atoms with van der Waals surface area (Å²) in [5.41, 5.74) is 0. The summed E-state index contributed by atoms with van der Waals surface area (Å²) in [4.78, 5) is 0. The first kappa shape index (κ1) is 50.4. The van der Waals surface area contributed by atoms with E-state index in [0.717, 1.165) is 0 Å². The summed E-state index contributed by atoms with van der Waals surface area (Å²) in [6.45, 7) is 0.251. The Labute approximate surface area is 324 Å². The predicted octanol–water partition coefficient (Wildman–Crippen LogP) is -2.14. The van der Waals surface area contributed by atoms with Crippen molar-refractivity contribution in [2.75, 3.05) is 119 Å². The van der Waals surface area contributed by atoms with Crippen LogP contribution in [-0.2, 0) is 52.1 Å². The summed E-state index contributed by atoms with van der Waals surface area (Å²) in [6.07, 6.45) is -6.82. The lowest BCUT2D eigenvalue weighted by Crippen LogP contribution is -2.66. The molecule has 55 heavy (non-hydrogen) atoms. The summed E-state index contributed by atoms with van der Waals surface area (Å²) in [7, 11) is 0. The fraction of sp³-hybridized carbons (Fsp3) is 1.00. The predicted molar refractivity (Wildman–Crippen MR) is 192 cm³/mol. The molecule has 19 nitrogen and oxygen atoms in total. The molecule has 0 aromatic rings. The van der Waals surface area contributed by atoms with E-state index in [1.54, 1.807) is 0 Å². The molecule has 2 aliphatic heterocycles. The lowest BCUT2D eigenvalue weighted by atomic mass is 9.96. The molecule has 2 heterocycles. The van der Waals surface area contributed by atoms with E-state index in [0.29, 0.717) is 38.5 Å².